The van der Waals surface area contributed by atoms with E-state index in [1.807, 2.05) is 45.0 Å². The van der Waals surface area contributed by atoms with Crippen LogP contribution in [0.2, 0.25) is 0 Å². The third kappa shape index (κ3) is 8.25. The molecule has 11 heteroatoms. The average Bonchev–Trinajstić information content (AvgIpc) is 2.96. The number of sulfonamides is 1. The Balaban J connectivity index is 2.11. The van der Waals surface area contributed by atoms with Crippen molar-refractivity contribution in [2.75, 3.05) is 31.6 Å². The van der Waals surface area contributed by atoms with Crippen molar-refractivity contribution in [2.24, 2.45) is 5.92 Å². The van der Waals surface area contributed by atoms with E-state index in [1.165, 1.54) is 37.3 Å². The summed E-state index contributed by atoms with van der Waals surface area (Å²) in [7, 11) is -1.38. The van der Waals surface area contributed by atoms with Crippen LogP contribution in [-0.2, 0) is 26.2 Å². The van der Waals surface area contributed by atoms with Gasteiger partial charge in [-0.25, -0.2) is 8.42 Å². The lowest BCUT2D eigenvalue weighted by atomic mass is 10.1. The largest absolute Gasteiger partial charge is 0.497 e. The Labute approximate surface area is 257 Å². The van der Waals surface area contributed by atoms with E-state index < -0.39 is 28.5 Å². The van der Waals surface area contributed by atoms with Crippen LogP contribution in [-0.4, -0.2) is 58.5 Å². The van der Waals surface area contributed by atoms with Crippen LogP contribution in [0.4, 0.5) is 5.69 Å². The zero-order valence-corrected chi connectivity index (χ0v) is 27.2. The second-order valence-electron chi connectivity index (χ2n) is 10.3. The van der Waals surface area contributed by atoms with Crippen molar-refractivity contribution < 1.29 is 27.5 Å². The fourth-order valence-corrected chi connectivity index (χ4v) is 6.07. The van der Waals surface area contributed by atoms with Crippen molar-refractivity contribution in [3.05, 3.63) is 82.3 Å². The van der Waals surface area contributed by atoms with Crippen LogP contribution in [0.5, 0.6) is 11.5 Å². The fourth-order valence-electron chi connectivity index (χ4n) is 4.21. The quantitative estimate of drug-likeness (QED) is 0.272. The van der Waals surface area contributed by atoms with Crippen LogP contribution in [0.3, 0.4) is 0 Å². The minimum Gasteiger partial charge on any atom is -0.497 e. The van der Waals surface area contributed by atoms with Gasteiger partial charge in [-0.1, -0.05) is 59.6 Å². The zero-order valence-electron chi connectivity index (χ0n) is 24.8. The van der Waals surface area contributed by atoms with Crippen LogP contribution >= 0.6 is 15.9 Å². The van der Waals surface area contributed by atoms with Crippen molar-refractivity contribution in [1.82, 2.24) is 10.2 Å². The molecule has 3 aromatic carbocycles. The molecule has 2 amide bonds. The van der Waals surface area contributed by atoms with Gasteiger partial charge in [-0.2, -0.15) is 0 Å². The molecule has 0 heterocycles. The maximum Gasteiger partial charge on any atom is 0.264 e. The van der Waals surface area contributed by atoms with Gasteiger partial charge >= 0.3 is 0 Å². The van der Waals surface area contributed by atoms with E-state index in [2.05, 4.69) is 21.2 Å². The number of hydrogen-bond donors (Lipinski definition) is 1. The molecule has 0 aromatic heterocycles. The Kier molecular flexibility index (Phi) is 11.4. The highest BCUT2D eigenvalue weighted by molar-refractivity contribution is 9.10. The molecule has 0 saturated carbocycles. The lowest BCUT2D eigenvalue weighted by molar-refractivity contribution is -0.139. The number of nitrogens with one attached hydrogen (secondary N) is 1. The molecule has 0 aliphatic carbocycles. The van der Waals surface area contributed by atoms with Crippen molar-refractivity contribution in [1.29, 1.82) is 0 Å². The zero-order chi connectivity index (χ0) is 31.0. The molecular weight excluding hydrogens is 622 g/mol. The summed E-state index contributed by atoms with van der Waals surface area (Å²) in [6.45, 7) is 7.38. The SMILES string of the molecule is COc1ccc(OC)c(N(CC(=O)N(Cc2cccc(Br)c2)[C@@H](C)C(=O)NCC(C)C)S(=O)(=O)c2ccc(C)cc2)c1. The summed E-state index contributed by atoms with van der Waals surface area (Å²) in [5.74, 6) is -0.0666. The number of benzene rings is 3. The number of anilines is 1. The minimum atomic E-state index is -4.26. The maximum atomic E-state index is 14.1. The van der Waals surface area contributed by atoms with Crippen LogP contribution in [0.1, 0.15) is 31.9 Å². The van der Waals surface area contributed by atoms with Crippen molar-refractivity contribution >= 4 is 43.5 Å². The second-order valence-corrected chi connectivity index (χ2v) is 13.1. The molecule has 3 aromatic rings. The topological polar surface area (TPSA) is 105 Å². The van der Waals surface area contributed by atoms with Crippen molar-refractivity contribution in [2.45, 2.75) is 45.2 Å². The summed E-state index contributed by atoms with van der Waals surface area (Å²) in [5.41, 5.74) is 1.79. The number of hydrogen-bond acceptors (Lipinski definition) is 6. The van der Waals surface area contributed by atoms with Gasteiger partial charge < -0.3 is 19.7 Å². The van der Waals surface area contributed by atoms with E-state index in [-0.39, 0.29) is 34.7 Å². The normalized spacial score (nSPS) is 12.0. The van der Waals surface area contributed by atoms with E-state index in [1.54, 1.807) is 31.2 Å². The van der Waals surface area contributed by atoms with E-state index >= 15 is 0 Å². The van der Waals surface area contributed by atoms with Gasteiger partial charge in [0.25, 0.3) is 10.0 Å². The Morgan fingerprint density at radius 1 is 0.952 bits per heavy atom. The molecule has 0 unspecified atom stereocenters. The molecule has 0 radical (unpaired) electrons. The van der Waals surface area contributed by atoms with Crippen LogP contribution in [0, 0.1) is 12.8 Å². The predicted octanol–water partition coefficient (Wildman–Crippen LogP) is 5.16. The van der Waals surface area contributed by atoms with Gasteiger partial charge in [0, 0.05) is 23.6 Å². The first kappa shape index (κ1) is 32.9. The molecule has 9 nitrogen and oxygen atoms in total. The summed E-state index contributed by atoms with van der Waals surface area (Å²) in [6.07, 6.45) is 0. The van der Waals surface area contributed by atoms with Gasteiger partial charge in [0.1, 0.15) is 24.1 Å². The molecule has 0 aliphatic heterocycles. The predicted molar refractivity (Wildman–Crippen MR) is 167 cm³/mol. The Hall–Kier alpha value is -3.57. The maximum absolute atomic E-state index is 14.1. The Morgan fingerprint density at radius 2 is 1.64 bits per heavy atom. The van der Waals surface area contributed by atoms with E-state index in [9.17, 15) is 18.0 Å². The molecule has 0 spiro atoms. The fraction of sp³-hybridized carbons (Fsp3) is 0.355. The van der Waals surface area contributed by atoms with Crippen LogP contribution in [0.15, 0.2) is 76.1 Å². The number of carbonyl (C=O) groups is 2. The molecular formula is C31H38BrN3O6S. The van der Waals surface area contributed by atoms with Crippen LogP contribution in [0.25, 0.3) is 0 Å². The van der Waals surface area contributed by atoms with Gasteiger partial charge in [-0.15, -0.1) is 0 Å². The summed E-state index contributed by atoms with van der Waals surface area (Å²) < 4.78 is 41.0. The molecule has 1 atom stereocenters. The number of ether oxygens (including phenoxy) is 2. The first-order valence-electron chi connectivity index (χ1n) is 13.5. The molecule has 226 valence electrons. The summed E-state index contributed by atoms with van der Waals surface area (Å²) in [6, 6.07) is 17.6. The van der Waals surface area contributed by atoms with Gasteiger partial charge in [-0.3, -0.25) is 13.9 Å². The smallest absolute Gasteiger partial charge is 0.264 e. The second kappa shape index (κ2) is 14.6. The van der Waals surface area contributed by atoms with E-state index in [0.29, 0.717) is 12.3 Å². The molecule has 42 heavy (non-hydrogen) atoms. The number of halogens is 1. The lowest BCUT2D eigenvalue weighted by Gasteiger charge is -2.32. The molecule has 0 fully saturated rings. The highest BCUT2D eigenvalue weighted by Crippen LogP contribution is 2.36. The molecule has 0 bridgehead atoms. The highest BCUT2D eigenvalue weighted by atomic mass is 79.9. The molecule has 3 rings (SSSR count). The van der Waals surface area contributed by atoms with Crippen LogP contribution < -0.4 is 19.1 Å². The number of amides is 2. The number of aryl methyl sites for hydroxylation is 1. The lowest BCUT2D eigenvalue weighted by Crippen LogP contribution is -2.51. The molecule has 0 aliphatic rings. The minimum absolute atomic E-state index is 0.00652. The highest BCUT2D eigenvalue weighted by Gasteiger charge is 2.34. The van der Waals surface area contributed by atoms with Gasteiger partial charge in [0.15, 0.2) is 0 Å². The average molecular weight is 661 g/mol. The molecule has 0 saturated heterocycles. The van der Waals surface area contributed by atoms with E-state index in [0.717, 1.165) is 19.9 Å². The summed E-state index contributed by atoms with van der Waals surface area (Å²) >= 11 is 3.46. The Morgan fingerprint density at radius 3 is 2.24 bits per heavy atom. The number of carbonyl (C=O) groups excluding carboxylic acids is 2. The van der Waals surface area contributed by atoms with Crippen molar-refractivity contribution in [3.8, 4) is 11.5 Å². The number of rotatable bonds is 13. The number of nitrogens with zero attached hydrogens (tertiary/aromatic N) is 2. The first-order chi connectivity index (χ1) is 19.9. The Bertz CT molecular complexity index is 1490. The first-order valence-corrected chi connectivity index (χ1v) is 15.7. The monoisotopic (exact) mass is 659 g/mol. The van der Waals surface area contributed by atoms with Gasteiger partial charge in [0.05, 0.1) is 24.8 Å². The van der Waals surface area contributed by atoms with Crippen molar-refractivity contribution in [3.63, 3.8) is 0 Å². The third-order valence-corrected chi connectivity index (χ3v) is 8.90. The number of methoxy groups -OCH3 is 2. The summed E-state index contributed by atoms with van der Waals surface area (Å²) in [4.78, 5) is 28.7. The van der Waals surface area contributed by atoms with E-state index in [4.69, 9.17) is 9.47 Å². The molecule has 1 N–H and O–H groups in total. The van der Waals surface area contributed by atoms with Gasteiger partial charge in [-0.05, 0) is 61.7 Å². The standard InChI is InChI=1S/C31H38BrN3O6S/c1-21(2)18-33-31(37)23(4)34(19-24-8-7-9-25(32)16-24)30(36)20-35(28-17-26(40-5)12-15-29(28)41-6)42(38,39)27-13-10-22(3)11-14-27/h7-17,21,23H,18-20H2,1-6H3,(H,33,37)/t23-/m0/s1. The summed E-state index contributed by atoms with van der Waals surface area (Å²) in [5, 5.41) is 2.88. The third-order valence-electron chi connectivity index (χ3n) is 6.64. The van der Waals surface area contributed by atoms with Gasteiger partial charge in [0.2, 0.25) is 11.8 Å².